The van der Waals surface area contributed by atoms with Crippen LogP contribution in [0.4, 0.5) is 11.5 Å². The molecule has 0 aliphatic rings. The normalized spacial score (nSPS) is 11.2. The van der Waals surface area contributed by atoms with Gasteiger partial charge in [0.15, 0.2) is 0 Å². The van der Waals surface area contributed by atoms with E-state index in [1.54, 1.807) is 6.20 Å². The van der Waals surface area contributed by atoms with Crippen LogP contribution in [0.3, 0.4) is 0 Å². The zero-order valence-corrected chi connectivity index (χ0v) is 12.9. The van der Waals surface area contributed by atoms with Crippen molar-refractivity contribution < 1.29 is 4.79 Å². The number of rotatable bonds is 6. The number of anilines is 2. The van der Waals surface area contributed by atoms with Gasteiger partial charge in [-0.2, -0.15) is 0 Å². The molecule has 1 aromatic heterocycles. The average Bonchev–Trinajstić information content (AvgIpc) is 2.37. The number of hydrogen-bond donors (Lipinski definition) is 2. The monoisotopic (exact) mass is 278 g/mol. The van der Waals surface area contributed by atoms with E-state index in [4.69, 9.17) is 5.73 Å². The number of carbonyl (C=O) groups is 1. The Bertz CT molecular complexity index is 422. The Balaban J connectivity index is 2.71. The predicted octanol–water partition coefficient (Wildman–Crippen LogP) is 2.38. The van der Waals surface area contributed by atoms with Crippen LogP contribution in [-0.2, 0) is 4.79 Å². The summed E-state index contributed by atoms with van der Waals surface area (Å²) in [6.45, 7) is 10.1. The highest BCUT2D eigenvalue weighted by Crippen LogP contribution is 2.23. The van der Waals surface area contributed by atoms with Crippen molar-refractivity contribution in [2.45, 2.75) is 46.1 Å². The van der Waals surface area contributed by atoms with E-state index < -0.39 is 0 Å². The number of hydrogen-bond acceptors (Lipinski definition) is 4. The third-order valence-electron chi connectivity index (χ3n) is 3.06. The van der Waals surface area contributed by atoms with Gasteiger partial charge in [-0.15, -0.1) is 0 Å². The molecule has 0 bridgehead atoms. The first-order valence-electron chi connectivity index (χ1n) is 7.12. The van der Waals surface area contributed by atoms with E-state index >= 15 is 0 Å². The van der Waals surface area contributed by atoms with Crippen molar-refractivity contribution in [2.24, 2.45) is 5.73 Å². The molecule has 1 rings (SSSR count). The van der Waals surface area contributed by atoms with Crippen molar-refractivity contribution in [3.05, 3.63) is 18.3 Å². The van der Waals surface area contributed by atoms with Crippen LogP contribution in [0.15, 0.2) is 18.3 Å². The lowest BCUT2D eigenvalue weighted by Crippen LogP contribution is -2.41. The van der Waals surface area contributed by atoms with Crippen LogP contribution >= 0.6 is 0 Å². The minimum Gasteiger partial charge on any atom is -0.366 e. The lowest BCUT2D eigenvalue weighted by atomic mass is 10.1. The fourth-order valence-corrected chi connectivity index (χ4v) is 2.13. The Morgan fingerprint density at radius 1 is 1.40 bits per heavy atom. The smallest absolute Gasteiger partial charge is 0.225 e. The van der Waals surface area contributed by atoms with Gasteiger partial charge in [-0.25, -0.2) is 4.98 Å². The van der Waals surface area contributed by atoms with E-state index in [0.29, 0.717) is 25.2 Å². The van der Waals surface area contributed by atoms with Gasteiger partial charge in [0.2, 0.25) is 5.91 Å². The van der Waals surface area contributed by atoms with Crippen LogP contribution in [-0.4, -0.2) is 29.5 Å². The van der Waals surface area contributed by atoms with Crippen molar-refractivity contribution in [1.82, 2.24) is 4.98 Å². The SMILES string of the molecule is CCN(c1ccc(NC(=O)CCCN)nc1)C(C)(C)C. The molecule has 0 aromatic carbocycles. The van der Waals surface area contributed by atoms with Crippen LogP contribution in [0.1, 0.15) is 40.5 Å². The van der Waals surface area contributed by atoms with E-state index in [9.17, 15) is 4.79 Å². The topological polar surface area (TPSA) is 71.2 Å². The second kappa shape index (κ2) is 7.24. The fraction of sp³-hybridized carbons (Fsp3) is 0.600. The molecule has 0 aliphatic heterocycles. The van der Waals surface area contributed by atoms with Crippen LogP contribution in [0, 0.1) is 0 Å². The molecular weight excluding hydrogens is 252 g/mol. The molecule has 1 aromatic rings. The van der Waals surface area contributed by atoms with Crippen LogP contribution in [0.25, 0.3) is 0 Å². The van der Waals surface area contributed by atoms with Crippen molar-refractivity contribution in [3.8, 4) is 0 Å². The Hall–Kier alpha value is -1.62. The van der Waals surface area contributed by atoms with Crippen LogP contribution in [0.5, 0.6) is 0 Å². The molecule has 3 N–H and O–H groups in total. The molecule has 20 heavy (non-hydrogen) atoms. The Labute approximate surface area is 121 Å². The summed E-state index contributed by atoms with van der Waals surface area (Å²) >= 11 is 0. The molecule has 0 aliphatic carbocycles. The Kier molecular flexibility index (Phi) is 5.95. The van der Waals surface area contributed by atoms with Gasteiger partial charge < -0.3 is 16.0 Å². The first-order valence-corrected chi connectivity index (χ1v) is 7.12. The second-order valence-electron chi connectivity index (χ2n) is 5.76. The number of amides is 1. The molecule has 1 heterocycles. The quantitative estimate of drug-likeness (QED) is 0.838. The maximum Gasteiger partial charge on any atom is 0.225 e. The number of pyridine rings is 1. The molecule has 1 amide bonds. The first-order chi connectivity index (χ1) is 9.38. The van der Waals surface area contributed by atoms with Crippen molar-refractivity contribution in [3.63, 3.8) is 0 Å². The molecule has 112 valence electrons. The maximum atomic E-state index is 11.6. The highest BCUT2D eigenvalue weighted by atomic mass is 16.1. The molecule has 0 atom stereocenters. The first kappa shape index (κ1) is 16.4. The van der Waals surface area contributed by atoms with E-state index in [2.05, 4.69) is 42.9 Å². The molecule has 0 fully saturated rings. The lowest BCUT2D eigenvalue weighted by Gasteiger charge is -2.36. The van der Waals surface area contributed by atoms with E-state index in [0.717, 1.165) is 12.2 Å². The summed E-state index contributed by atoms with van der Waals surface area (Å²) in [6, 6.07) is 3.82. The zero-order valence-electron chi connectivity index (χ0n) is 12.9. The van der Waals surface area contributed by atoms with E-state index in [1.807, 2.05) is 12.1 Å². The number of aromatic nitrogens is 1. The van der Waals surface area contributed by atoms with Crippen LogP contribution in [0.2, 0.25) is 0 Å². The third-order valence-corrected chi connectivity index (χ3v) is 3.06. The fourth-order valence-electron chi connectivity index (χ4n) is 2.13. The number of nitrogens with two attached hydrogens (primary N) is 1. The number of nitrogens with one attached hydrogen (secondary N) is 1. The molecule has 0 radical (unpaired) electrons. The standard InChI is InChI=1S/C15H26N4O/c1-5-19(15(2,3)4)12-8-9-13(17-11-12)18-14(20)7-6-10-16/h8-9,11H,5-7,10,16H2,1-4H3,(H,17,18,20). The van der Waals surface area contributed by atoms with Crippen molar-refractivity contribution in [1.29, 1.82) is 0 Å². The maximum absolute atomic E-state index is 11.6. The van der Waals surface area contributed by atoms with E-state index in [1.165, 1.54) is 0 Å². The van der Waals surface area contributed by atoms with Gasteiger partial charge in [-0.1, -0.05) is 0 Å². The van der Waals surface area contributed by atoms with Crippen LogP contribution < -0.4 is 16.0 Å². The summed E-state index contributed by atoms with van der Waals surface area (Å²) in [6.07, 6.45) is 2.92. The van der Waals surface area contributed by atoms with Gasteiger partial charge in [0, 0.05) is 18.5 Å². The molecule has 0 saturated carbocycles. The van der Waals surface area contributed by atoms with Crippen molar-refractivity contribution >= 4 is 17.4 Å². The molecule has 5 nitrogen and oxygen atoms in total. The van der Waals surface area contributed by atoms with Crippen molar-refractivity contribution in [2.75, 3.05) is 23.3 Å². The van der Waals surface area contributed by atoms with Gasteiger partial charge in [0.25, 0.3) is 0 Å². The highest BCUT2D eigenvalue weighted by molar-refractivity contribution is 5.89. The number of nitrogens with zero attached hydrogens (tertiary/aromatic N) is 2. The largest absolute Gasteiger partial charge is 0.366 e. The molecule has 0 saturated heterocycles. The molecule has 5 heteroatoms. The zero-order chi connectivity index (χ0) is 15.2. The molecule has 0 unspecified atom stereocenters. The van der Waals surface area contributed by atoms with Gasteiger partial charge in [-0.3, -0.25) is 4.79 Å². The Morgan fingerprint density at radius 2 is 2.10 bits per heavy atom. The summed E-state index contributed by atoms with van der Waals surface area (Å²) in [4.78, 5) is 18.2. The summed E-state index contributed by atoms with van der Waals surface area (Å²) in [7, 11) is 0. The van der Waals surface area contributed by atoms with Gasteiger partial charge >= 0.3 is 0 Å². The molecule has 0 spiro atoms. The Morgan fingerprint density at radius 3 is 2.55 bits per heavy atom. The summed E-state index contributed by atoms with van der Waals surface area (Å²) in [5, 5.41) is 2.78. The van der Waals surface area contributed by atoms with E-state index in [-0.39, 0.29) is 11.4 Å². The van der Waals surface area contributed by atoms with Gasteiger partial charge in [-0.05, 0) is 52.8 Å². The minimum absolute atomic E-state index is 0.0427. The highest BCUT2D eigenvalue weighted by Gasteiger charge is 2.20. The summed E-state index contributed by atoms with van der Waals surface area (Å²) < 4.78 is 0. The average molecular weight is 278 g/mol. The predicted molar refractivity (Wildman–Crippen MR) is 83.9 cm³/mol. The van der Waals surface area contributed by atoms with Gasteiger partial charge in [0.05, 0.1) is 11.9 Å². The summed E-state index contributed by atoms with van der Waals surface area (Å²) in [5.41, 5.74) is 6.48. The number of carbonyl (C=O) groups excluding carboxylic acids is 1. The minimum atomic E-state index is -0.0427. The molecular formula is C15H26N4O. The third kappa shape index (κ3) is 4.81. The summed E-state index contributed by atoms with van der Waals surface area (Å²) in [5.74, 6) is 0.541. The van der Waals surface area contributed by atoms with Gasteiger partial charge in [0.1, 0.15) is 5.82 Å². The second-order valence-corrected chi connectivity index (χ2v) is 5.76. The lowest BCUT2D eigenvalue weighted by molar-refractivity contribution is -0.116.